The van der Waals surface area contributed by atoms with Crippen molar-refractivity contribution in [2.75, 3.05) is 0 Å². The fourth-order valence-electron chi connectivity index (χ4n) is 1.30. The standard InChI is InChI=1S/C11H12FN3OS/c1-6(13)8-3-4-10(9(12)5-8)17-11-15-14-7(2)16-11/h3-6H,13H2,1-2H3/t6-/m0/s1. The molecule has 1 aromatic carbocycles. The highest BCUT2D eigenvalue weighted by molar-refractivity contribution is 7.99. The predicted octanol–water partition coefficient (Wildman–Crippen LogP) is 2.69. The van der Waals surface area contributed by atoms with Crippen molar-refractivity contribution in [2.45, 2.75) is 30.0 Å². The molecule has 0 radical (unpaired) electrons. The lowest BCUT2D eigenvalue weighted by Crippen LogP contribution is -2.05. The van der Waals surface area contributed by atoms with Gasteiger partial charge in [-0.15, -0.1) is 10.2 Å². The average molecular weight is 253 g/mol. The van der Waals surface area contributed by atoms with Gasteiger partial charge in [-0.1, -0.05) is 6.07 Å². The highest BCUT2D eigenvalue weighted by atomic mass is 32.2. The lowest BCUT2D eigenvalue weighted by Gasteiger charge is -2.07. The maximum Gasteiger partial charge on any atom is 0.281 e. The Hall–Kier alpha value is -1.40. The van der Waals surface area contributed by atoms with Gasteiger partial charge in [-0.2, -0.15) is 0 Å². The van der Waals surface area contributed by atoms with Gasteiger partial charge in [0, 0.05) is 13.0 Å². The second-order valence-electron chi connectivity index (χ2n) is 3.67. The SMILES string of the molecule is Cc1nnc(Sc2ccc([C@H](C)N)cc2F)o1. The molecule has 6 heteroatoms. The van der Waals surface area contributed by atoms with Crippen LogP contribution in [-0.2, 0) is 0 Å². The van der Waals surface area contributed by atoms with Crippen molar-refractivity contribution in [3.8, 4) is 0 Å². The zero-order valence-corrected chi connectivity index (χ0v) is 10.3. The molecular formula is C11H12FN3OS. The number of hydrogen-bond donors (Lipinski definition) is 1. The van der Waals surface area contributed by atoms with E-state index in [0.717, 1.165) is 17.3 Å². The van der Waals surface area contributed by atoms with E-state index in [1.165, 1.54) is 6.07 Å². The van der Waals surface area contributed by atoms with E-state index in [0.29, 0.717) is 16.0 Å². The van der Waals surface area contributed by atoms with E-state index in [-0.39, 0.29) is 11.9 Å². The molecule has 1 atom stereocenters. The molecule has 0 aliphatic carbocycles. The zero-order chi connectivity index (χ0) is 12.4. The third-order valence-corrected chi connectivity index (χ3v) is 3.08. The molecule has 1 heterocycles. The molecule has 0 spiro atoms. The van der Waals surface area contributed by atoms with Gasteiger partial charge in [0.1, 0.15) is 5.82 Å². The highest BCUT2D eigenvalue weighted by Crippen LogP contribution is 2.29. The Labute approximate surface area is 102 Å². The normalized spacial score (nSPS) is 12.7. The fraction of sp³-hybridized carbons (Fsp3) is 0.273. The smallest absolute Gasteiger partial charge is 0.281 e. The Kier molecular flexibility index (Phi) is 3.44. The third-order valence-electron chi connectivity index (χ3n) is 2.19. The van der Waals surface area contributed by atoms with Crippen LogP contribution in [0.5, 0.6) is 0 Å². The van der Waals surface area contributed by atoms with Crippen molar-refractivity contribution >= 4 is 11.8 Å². The third kappa shape index (κ3) is 2.83. The number of benzene rings is 1. The second-order valence-corrected chi connectivity index (χ2v) is 4.66. The fourth-order valence-corrected chi connectivity index (χ4v) is 2.02. The molecule has 1 aromatic heterocycles. The number of halogens is 1. The van der Waals surface area contributed by atoms with Crippen molar-refractivity contribution in [1.82, 2.24) is 10.2 Å². The molecule has 2 aromatic rings. The van der Waals surface area contributed by atoms with Crippen molar-refractivity contribution in [2.24, 2.45) is 5.73 Å². The summed E-state index contributed by atoms with van der Waals surface area (Å²) in [6.45, 7) is 3.50. The van der Waals surface area contributed by atoms with Crippen LogP contribution in [0.15, 0.2) is 32.7 Å². The van der Waals surface area contributed by atoms with Crippen LogP contribution in [0.1, 0.15) is 24.4 Å². The molecule has 0 unspecified atom stereocenters. The summed E-state index contributed by atoms with van der Waals surface area (Å²) in [7, 11) is 0. The largest absolute Gasteiger partial charge is 0.416 e. The maximum atomic E-state index is 13.7. The first-order chi connectivity index (χ1) is 8.06. The van der Waals surface area contributed by atoms with Crippen LogP contribution < -0.4 is 5.73 Å². The minimum atomic E-state index is -0.333. The van der Waals surface area contributed by atoms with Gasteiger partial charge in [0.2, 0.25) is 5.89 Å². The Morgan fingerprint density at radius 3 is 2.71 bits per heavy atom. The Morgan fingerprint density at radius 1 is 1.41 bits per heavy atom. The van der Waals surface area contributed by atoms with Gasteiger partial charge in [-0.3, -0.25) is 0 Å². The van der Waals surface area contributed by atoms with Gasteiger partial charge in [0.05, 0.1) is 4.90 Å². The first-order valence-corrected chi connectivity index (χ1v) is 5.91. The topological polar surface area (TPSA) is 64.9 Å². The van der Waals surface area contributed by atoms with Gasteiger partial charge in [-0.25, -0.2) is 4.39 Å². The number of nitrogens with two attached hydrogens (primary N) is 1. The van der Waals surface area contributed by atoms with E-state index in [9.17, 15) is 4.39 Å². The van der Waals surface area contributed by atoms with Crippen LogP contribution in [0.3, 0.4) is 0 Å². The van der Waals surface area contributed by atoms with Crippen LogP contribution in [0.25, 0.3) is 0 Å². The van der Waals surface area contributed by atoms with Gasteiger partial charge < -0.3 is 10.2 Å². The van der Waals surface area contributed by atoms with Gasteiger partial charge in [0.25, 0.3) is 5.22 Å². The quantitative estimate of drug-likeness (QED) is 0.911. The molecule has 0 amide bonds. The van der Waals surface area contributed by atoms with Crippen LogP contribution in [0.4, 0.5) is 4.39 Å². The van der Waals surface area contributed by atoms with Crippen molar-refractivity contribution in [1.29, 1.82) is 0 Å². The van der Waals surface area contributed by atoms with Crippen LogP contribution >= 0.6 is 11.8 Å². The molecule has 0 saturated heterocycles. The Balaban J connectivity index is 2.22. The summed E-state index contributed by atoms with van der Waals surface area (Å²) >= 11 is 1.10. The summed E-state index contributed by atoms with van der Waals surface area (Å²) in [5.41, 5.74) is 6.43. The zero-order valence-electron chi connectivity index (χ0n) is 9.48. The van der Waals surface area contributed by atoms with E-state index >= 15 is 0 Å². The summed E-state index contributed by atoms with van der Waals surface area (Å²) in [5.74, 6) is 0.126. The minimum Gasteiger partial charge on any atom is -0.416 e. The predicted molar refractivity (Wildman–Crippen MR) is 62.2 cm³/mol. The summed E-state index contributed by atoms with van der Waals surface area (Å²) in [4.78, 5) is 0.443. The highest BCUT2D eigenvalue weighted by Gasteiger charge is 2.11. The summed E-state index contributed by atoms with van der Waals surface area (Å²) < 4.78 is 18.9. The number of aryl methyl sites for hydroxylation is 1. The molecule has 2 rings (SSSR count). The van der Waals surface area contributed by atoms with Crippen molar-refractivity contribution in [3.63, 3.8) is 0 Å². The number of nitrogens with zero attached hydrogens (tertiary/aromatic N) is 2. The molecule has 0 saturated carbocycles. The van der Waals surface area contributed by atoms with Crippen LogP contribution in [0, 0.1) is 12.7 Å². The van der Waals surface area contributed by atoms with Crippen LogP contribution in [0.2, 0.25) is 0 Å². The van der Waals surface area contributed by atoms with E-state index in [1.807, 2.05) is 6.92 Å². The molecule has 0 bridgehead atoms. The monoisotopic (exact) mass is 253 g/mol. The van der Waals surface area contributed by atoms with Crippen molar-refractivity contribution in [3.05, 3.63) is 35.5 Å². The number of hydrogen-bond acceptors (Lipinski definition) is 5. The summed E-state index contributed by atoms with van der Waals surface area (Å²) in [5, 5.41) is 7.80. The van der Waals surface area contributed by atoms with Crippen molar-refractivity contribution < 1.29 is 8.81 Å². The Morgan fingerprint density at radius 2 is 2.18 bits per heavy atom. The molecule has 0 fully saturated rings. The molecule has 90 valence electrons. The van der Waals surface area contributed by atoms with E-state index in [1.54, 1.807) is 19.1 Å². The minimum absolute atomic E-state index is 0.186. The molecule has 17 heavy (non-hydrogen) atoms. The van der Waals surface area contributed by atoms with Crippen LogP contribution in [-0.4, -0.2) is 10.2 Å². The molecule has 4 nitrogen and oxygen atoms in total. The first-order valence-electron chi connectivity index (χ1n) is 5.09. The molecule has 0 aliphatic heterocycles. The second kappa shape index (κ2) is 4.85. The first kappa shape index (κ1) is 12.1. The molecule has 0 aliphatic rings. The average Bonchev–Trinajstić information content (AvgIpc) is 2.67. The number of aromatic nitrogens is 2. The summed E-state index contributed by atoms with van der Waals surface area (Å²) in [6.07, 6.45) is 0. The lowest BCUT2D eigenvalue weighted by atomic mass is 10.1. The Bertz CT molecular complexity index is 527. The molecular weight excluding hydrogens is 241 g/mol. The van der Waals surface area contributed by atoms with Gasteiger partial charge in [-0.05, 0) is 36.4 Å². The van der Waals surface area contributed by atoms with Gasteiger partial charge >= 0.3 is 0 Å². The van der Waals surface area contributed by atoms with E-state index < -0.39 is 0 Å². The molecule has 2 N–H and O–H groups in total. The maximum absolute atomic E-state index is 13.7. The summed E-state index contributed by atoms with van der Waals surface area (Å²) in [6, 6.07) is 4.70. The van der Waals surface area contributed by atoms with E-state index in [2.05, 4.69) is 10.2 Å². The number of rotatable bonds is 3. The van der Waals surface area contributed by atoms with Gasteiger partial charge in [0.15, 0.2) is 0 Å². The van der Waals surface area contributed by atoms with E-state index in [4.69, 9.17) is 10.2 Å². The lowest BCUT2D eigenvalue weighted by molar-refractivity contribution is 0.429.